The lowest BCUT2D eigenvalue weighted by atomic mass is 9.97. The molecule has 0 aliphatic carbocycles. The lowest BCUT2D eigenvalue weighted by molar-refractivity contribution is -0.122. The molecule has 5 rings (SSSR count). The molecule has 7 heteroatoms. The van der Waals surface area contributed by atoms with Gasteiger partial charge in [-0.1, -0.05) is 18.2 Å². The largest absolute Gasteiger partial charge is 0.360 e. The Morgan fingerprint density at radius 3 is 2.58 bits per heavy atom. The van der Waals surface area contributed by atoms with Crippen molar-refractivity contribution in [1.29, 1.82) is 0 Å². The Kier molecular flexibility index (Phi) is 2.88. The molecular weight excluding hydrogens is 335 g/mol. The van der Waals surface area contributed by atoms with Crippen LogP contribution >= 0.6 is 0 Å². The van der Waals surface area contributed by atoms with Crippen LogP contribution in [0.4, 0.5) is 4.39 Å². The van der Waals surface area contributed by atoms with Crippen LogP contribution in [0, 0.1) is 5.82 Å². The zero-order valence-corrected chi connectivity index (χ0v) is 13.3. The number of amides is 2. The molecule has 0 radical (unpaired) electrons. The van der Waals surface area contributed by atoms with Crippen LogP contribution in [-0.4, -0.2) is 27.0 Å². The molecule has 1 aliphatic rings. The summed E-state index contributed by atoms with van der Waals surface area (Å²) in [6, 6.07) is 11.6. The fourth-order valence-electron chi connectivity index (χ4n) is 3.40. The predicted molar refractivity (Wildman–Crippen MR) is 94.3 cm³/mol. The number of para-hydroxylation sites is 1. The Bertz CT molecular complexity index is 1270. The van der Waals surface area contributed by atoms with Gasteiger partial charge in [-0.2, -0.15) is 5.10 Å². The van der Waals surface area contributed by atoms with Crippen LogP contribution < -0.4 is 5.32 Å². The second-order valence-electron chi connectivity index (χ2n) is 6.04. The first-order chi connectivity index (χ1) is 12.6. The maximum atomic E-state index is 13.5. The molecule has 1 aliphatic heterocycles. The average molecular weight is 346 g/mol. The number of nitrogens with zero attached hydrogens (tertiary/aromatic N) is 1. The lowest BCUT2D eigenvalue weighted by Crippen LogP contribution is -2.22. The first kappa shape index (κ1) is 14.6. The Hall–Kier alpha value is -3.74. The molecule has 0 saturated heterocycles. The van der Waals surface area contributed by atoms with Crippen molar-refractivity contribution in [1.82, 2.24) is 20.5 Å². The van der Waals surface area contributed by atoms with E-state index >= 15 is 0 Å². The zero-order valence-electron chi connectivity index (χ0n) is 13.3. The molecule has 0 fully saturated rings. The minimum Gasteiger partial charge on any atom is -0.360 e. The highest BCUT2D eigenvalue weighted by Crippen LogP contribution is 2.36. The van der Waals surface area contributed by atoms with Gasteiger partial charge in [-0.15, -0.1) is 0 Å². The highest BCUT2D eigenvalue weighted by Gasteiger charge is 2.35. The van der Waals surface area contributed by atoms with Gasteiger partial charge in [0.05, 0.1) is 16.7 Å². The van der Waals surface area contributed by atoms with Gasteiger partial charge >= 0.3 is 0 Å². The van der Waals surface area contributed by atoms with Crippen LogP contribution in [0.5, 0.6) is 0 Å². The molecular formula is C19H11FN4O2. The van der Waals surface area contributed by atoms with Crippen LogP contribution in [0.2, 0.25) is 0 Å². The Balaban J connectivity index is 1.83. The minimum absolute atomic E-state index is 0.206. The maximum absolute atomic E-state index is 13.5. The van der Waals surface area contributed by atoms with E-state index in [0.29, 0.717) is 22.2 Å². The van der Waals surface area contributed by atoms with Gasteiger partial charge in [0, 0.05) is 28.0 Å². The highest BCUT2D eigenvalue weighted by atomic mass is 19.1. The fraction of sp³-hybridized carbons (Fsp3) is 0. The Morgan fingerprint density at radius 2 is 1.69 bits per heavy atom. The third kappa shape index (κ3) is 1.94. The van der Waals surface area contributed by atoms with Crippen LogP contribution in [-0.2, 0) is 9.59 Å². The SMILES string of the molecule is O=C1NC(=O)C(c2n[nH]c3ccccc23)=C1c1c[nH]c2cc(F)ccc12. The first-order valence-electron chi connectivity index (χ1n) is 7.94. The third-order valence-electron chi connectivity index (χ3n) is 4.55. The van der Waals surface area contributed by atoms with E-state index in [-0.39, 0.29) is 17.0 Å². The number of halogens is 1. The number of carbonyl (C=O) groups is 2. The van der Waals surface area contributed by atoms with Gasteiger partial charge in [0.15, 0.2) is 0 Å². The van der Waals surface area contributed by atoms with Gasteiger partial charge in [-0.3, -0.25) is 20.0 Å². The Morgan fingerprint density at radius 1 is 0.885 bits per heavy atom. The summed E-state index contributed by atoms with van der Waals surface area (Å²) in [4.78, 5) is 28.0. The molecule has 2 aromatic carbocycles. The summed E-state index contributed by atoms with van der Waals surface area (Å²) < 4.78 is 13.5. The van der Waals surface area contributed by atoms with E-state index in [1.54, 1.807) is 12.3 Å². The zero-order chi connectivity index (χ0) is 17.8. The van der Waals surface area contributed by atoms with Crippen molar-refractivity contribution in [2.75, 3.05) is 0 Å². The van der Waals surface area contributed by atoms with Gasteiger partial charge in [-0.05, 0) is 24.3 Å². The number of nitrogens with one attached hydrogen (secondary N) is 3. The van der Waals surface area contributed by atoms with Gasteiger partial charge in [0.1, 0.15) is 11.5 Å². The van der Waals surface area contributed by atoms with Crippen molar-refractivity contribution < 1.29 is 14.0 Å². The standard InChI is InChI=1S/C19H11FN4O2/c20-9-5-6-10-12(8-21-14(10)7-9)15-16(19(26)22-18(15)25)17-11-3-1-2-4-13(11)23-24-17/h1-8,21H,(H,23,24)(H,22,25,26). The molecule has 2 aromatic heterocycles. The molecule has 0 atom stereocenters. The number of hydrogen-bond donors (Lipinski definition) is 3. The van der Waals surface area contributed by atoms with E-state index in [1.165, 1.54) is 12.1 Å². The Labute approximate surface area is 145 Å². The fourth-order valence-corrected chi connectivity index (χ4v) is 3.40. The average Bonchev–Trinajstić information content (AvgIpc) is 3.29. The van der Waals surface area contributed by atoms with E-state index in [1.807, 2.05) is 24.3 Å². The summed E-state index contributed by atoms with van der Waals surface area (Å²) in [6.07, 6.45) is 1.60. The number of H-pyrrole nitrogens is 2. The molecule has 2 amide bonds. The summed E-state index contributed by atoms with van der Waals surface area (Å²) >= 11 is 0. The second kappa shape index (κ2) is 5.13. The van der Waals surface area contributed by atoms with Gasteiger partial charge in [-0.25, -0.2) is 4.39 Å². The summed E-state index contributed by atoms with van der Waals surface area (Å²) in [5.41, 5.74) is 2.69. The molecule has 6 nitrogen and oxygen atoms in total. The van der Waals surface area contributed by atoms with Crippen LogP contribution in [0.3, 0.4) is 0 Å². The molecule has 4 aromatic rings. The smallest absolute Gasteiger partial charge is 0.261 e. The number of aromatic amines is 2. The molecule has 3 heterocycles. The first-order valence-corrected chi connectivity index (χ1v) is 7.94. The second-order valence-corrected chi connectivity index (χ2v) is 6.04. The number of rotatable bonds is 2. The molecule has 0 bridgehead atoms. The van der Waals surface area contributed by atoms with Gasteiger partial charge in [0.25, 0.3) is 11.8 Å². The van der Waals surface area contributed by atoms with Crippen molar-refractivity contribution in [3.05, 3.63) is 65.7 Å². The number of benzene rings is 2. The van der Waals surface area contributed by atoms with E-state index in [4.69, 9.17) is 0 Å². The summed E-state index contributed by atoms with van der Waals surface area (Å²) in [5, 5.41) is 10.9. The van der Waals surface area contributed by atoms with E-state index < -0.39 is 11.8 Å². The number of carbonyl (C=O) groups excluding carboxylic acids is 2. The molecule has 126 valence electrons. The van der Waals surface area contributed by atoms with E-state index in [9.17, 15) is 14.0 Å². The quantitative estimate of drug-likeness (QED) is 0.488. The number of fused-ring (bicyclic) bond motifs is 2. The third-order valence-corrected chi connectivity index (χ3v) is 4.55. The lowest BCUT2D eigenvalue weighted by Gasteiger charge is -2.02. The molecule has 0 unspecified atom stereocenters. The molecule has 3 N–H and O–H groups in total. The van der Waals surface area contributed by atoms with Crippen LogP contribution in [0.1, 0.15) is 11.3 Å². The van der Waals surface area contributed by atoms with Gasteiger partial charge < -0.3 is 4.98 Å². The minimum atomic E-state index is -0.501. The highest BCUT2D eigenvalue weighted by molar-refractivity contribution is 6.50. The van der Waals surface area contributed by atoms with Crippen molar-refractivity contribution >= 4 is 44.8 Å². The van der Waals surface area contributed by atoms with E-state index in [0.717, 1.165) is 10.9 Å². The summed E-state index contributed by atoms with van der Waals surface area (Å²) in [7, 11) is 0. The van der Waals surface area contributed by atoms with Crippen molar-refractivity contribution in [3.63, 3.8) is 0 Å². The normalized spacial score (nSPS) is 14.7. The molecule has 0 spiro atoms. The number of imide groups is 1. The van der Waals surface area contributed by atoms with Crippen LogP contribution in [0.15, 0.2) is 48.7 Å². The summed E-state index contributed by atoms with van der Waals surface area (Å²) in [6.45, 7) is 0. The number of aromatic nitrogens is 3. The van der Waals surface area contributed by atoms with Crippen molar-refractivity contribution in [2.45, 2.75) is 0 Å². The molecule has 0 saturated carbocycles. The maximum Gasteiger partial charge on any atom is 0.261 e. The summed E-state index contributed by atoms with van der Waals surface area (Å²) in [5.74, 6) is -1.38. The molecule has 26 heavy (non-hydrogen) atoms. The van der Waals surface area contributed by atoms with Crippen molar-refractivity contribution in [2.24, 2.45) is 0 Å². The predicted octanol–water partition coefficient (Wildman–Crippen LogP) is 2.75. The van der Waals surface area contributed by atoms with E-state index in [2.05, 4.69) is 20.5 Å². The van der Waals surface area contributed by atoms with Crippen molar-refractivity contribution in [3.8, 4) is 0 Å². The topological polar surface area (TPSA) is 90.6 Å². The van der Waals surface area contributed by atoms with Gasteiger partial charge in [0.2, 0.25) is 0 Å². The van der Waals surface area contributed by atoms with Crippen LogP contribution in [0.25, 0.3) is 33.0 Å². The monoisotopic (exact) mass is 346 g/mol. The number of hydrogen-bond acceptors (Lipinski definition) is 3.